The van der Waals surface area contributed by atoms with E-state index >= 15 is 0 Å². The molecule has 3 unspecified atom stereocenters. The van der Waals surface area contributed by atoms with Crippen LogP contribution in [0.3, 0.4) is 0 Å². The molecule has 2 aromatic carbocycles. The summed E-state index contributed by atoms with van der Waals surface area (Å²) in [5, 5.41) is 18.8. The molecule has 1 aromatic heterocycles. The van der Waals surface area contributed by atoms with Crippen molar-refractivity contribution in [2.24, 2.45) is 17.4 Å². The average Bonchev–Trinajstić information content (AvgIpc) is 2.94. The van der Waals surface area contributed by atoms with Gasteiger partial charge in [0.1, 0.15) is 17.3 Å². The molecule has 1 heterocycles. The second kappa shape index (κ2) is 13.4. The van der Waals surface area contributed by atoms with E-state index in [4.69, 9.17) is 11.5 Å². The average molecular weight is 605 g/mol. The van der Waals surface area contributed by atoms with E-state index in [1.54, 1.807) is 76.2 Å². The second-order valence-corrected chi connectivity index (χ2v) is 12.6. The zero-order valence-electron chi connectivity index (χ0n) is 26.3. The Morgan fingerprint density at radius 2 is 1.52 bits per heavy atom. The molecule has 5 amide bonds. The molecule has 0 saturated carbocycles. The number of benzene rings is 2. The molecule has 3 rings (SSSR count). The van der Waals surface area contributed by atoms with Crippen molar-refractivity contribution in [3.05, 3.63) is 78.0 Å². The van der Waals surface area contributed by atoms with Crippen LogP contribution in [0.1, 0.15) is 64.0 Å². The Morgan fingerprint density at radius 3 is 2.07 bits per heavy atom. The Hall–Kier alpha value is -4.51. The summed E-state index contributed by atoms with van der Waals surface area (Å²) in [6.45, 7) is 10.4. The zero-order chi connectivity index (χ0) is 32.9. The molecular formula is C33H44N6O5. The minimum absolute atomic E-state index is 0.0558. The molecule has 0 bridgehead atoms. The number of hydrogen-bond donors (Lipinski definition) is 5. The molecule has 0 spiro atoms. The van der Waals surface area contributed by atoms with Crippen molar-refractivity contribution in [3.8, 4) is 0 Å². The van der Waals surface area contributed by atoms with Gasteiger partial charge in [0.25, 0.3) is 5.91 Å². The molecule has 0 saturated heterocycles. The monoisotopic (exact) mass is 604 g/mol. The third kappa shape index (κ3) is 7.34. The summed E-state index contributed by atoms with van der Waals surface area (Å²) in [4.78, 5) is 60.9. The number of nitrogens with two attached hydrogens (primary N) is 2. The van der Waals surface area contributed by atoms with Crippen molar-refractivity contribution in [1.82, 2.24) is 20.5 Å². The number of fused-ring (bicyclic) bond motifs is 1. The maximum absolute atomic E-state index is 14.0. The summed E-state index contributed by atoms with van der Waals surface area (Å²) >= 11 is 0. The van der Waals surface area contributed by atoms with Crippen molar-refractivity contribution in [3.63, 3.8) is 0 Å². The lowest BCUT2D eigenvalue weighted by molar-refractivity contribution is -0.152. The van der Waals surface area contributed by atoms with Crippen molar-refractivity contribution in [2.75, 3.05) is 6.54 Å². The molecule has 7 N–H and O–H groups in total. The first-order chi connectivity index (χ1) is 20.5. The number of para-hydroxylation sites is 1. The van der Waals surface area contributed by atoms with Gasteiger partial charge in [0.05, 0.1) is 5.52 Å². The number of rotatable bonds is 12. The number of carbonyl (C=O) groups excluding carboxylic acids is 4. The minimum Gasteiger partial charge on any atom is -0.386 e. The maximum atomic E-state index is 14.0. The molecule has 0 fully saturated rings. The Kier molecular flexibility index (Phi) is 10.4. The lowest BCUT2D eigenvalue weighted by Crippen LogP contribution is -2.82. The Bertz CT molecular complexity index is 1510. The number of hydrogen-bond acceptors (Lipinski definition) is 6. The van der Waals surface area contributed by atoms with Crippen LogP contribution in [0.2, 0.25) is 0 Å². The first-order valence-electron chi connectivity index (χ1n) is 14.7. The highest BCUT2D eigenvalue weighted by Crippen LogP contribution is 2.36. The molecule has 0 aliphatic carbocycles. The minimum atomic E-state index is -2.60. The van der Waals surface area contributed by atoms with Gasteiger partial charge in [0.2, 0.25) is 11.8 Å². The van der Waals surface area contributed by atoms with E-state index in [0.717, 1.165) is 10.3 Å². The van der Waals surface area contributed by atoms with Gasteiger partial charge in [-0.15, -0.1) is 0 Å². The van der Waals surface area contributed by atoms with Crippen LogP contribution in [0.5, 0.6) is 0 Å². The number of primary amides is 2. The van der Waals surface area contributed by atoms with Crippen molar-refractivity contribution in [1.29, 1.82) is 0 Å². The molecule has 0 aliphatic heterocycles. The summed E-state index contributed by atoms with van der Waals surface area (Å²) in [5.74, 6) is -3.48. The van der Waals surface area contributed by atoms with E-state index in [1.807, 2.05) is 26.0 Å². The van der Waals surface area contributed by atoms with Crippen LogP contribution in [-0.2, 0) is 16.0 Å². The lowest BCUT2D eigenvalue weighted by Gasteiger charge is -2.51. The second-order valence-electron chi connectivity index (χ2n) is 12.6. The van der Waals surface area contributed by atoms with Crippen LogP contribution >= 0.6 is 0 Å². The molecule has 3 aromatic rings. The van der Waals surface area contributed by atoms with Crippen LogP contribution in [0.4, 0.5) is 4.79 Å². The number of nitrogens with one attached hydrogen (secondary N) is 2. The normalized spacial score (nSPS) is 15.1. The molecule has 0 aliphatic rings. The van der Waals surface area contributed by atoms with Gasteiger partial charge in [0.15, 0.2) is 5.54 Å². The molecule has 236 valence electrons. The number of aliphatic hydroxyl groups is 1. The van der Waals surface area contributed by atoms with Gasteiger partial charge in [-0.05, 0) is 50.8 Å². The Labute approximate surface area is 258 Å². The number of pyridine rings is 1. The summed E-state index contributed by atoms with van der Waals surface area (Å²) in [7, 11) is 0. The van der Waals surface area contributed by atoms with E-state index < -0.39 is 46.5 Å². The number of urea groups is 1. The van der Waals surface area contributed by atoms with Crippen LogP contribution in [0.15, 0.2) is 66.7 Å². The van der Waals surface area contributed by atoms with Crippen molar-refractivity contribution in [2.45, 2.75) is 77.1 Å². The fraction of sp³-hybridized carbons (Fsp3) is 0.424. The maximum Gasteiger partial charge on any atom is 0.318 e. The van der Waals surface area contributed by atoms with Crippen LogP contribution < -0.4 is 22.1 Å². The van der Waals surface area contributed by atoms with Crippen molar-refractivity contribution < 1.29 is 24.3 Å². The molecule has 11 heteroatoms. The predicted octanol–water partition coefficient (Wildman–Crippen LogP) is 2.89. The highest BCUT2D eigenvalue weighted by molar-refractivity contribution is 6.04. The van der Waals surface area contributed by atoms with Crippen LogP contribution in [0.25, 0.3) is 10.9 Å². The van der Waals surface area contributed by atoms with Gasteiger partial charge in [-0.2, -0.15) is 0 Å². The van der Waals surface area contributed by atoms with Gasteiger partial charge in [-0.25, -0.2) is 9.78 Å². The highest BCUT2D eigenvalue weighted by Gasteiger charge is 2.64. The lowest BCUT2D eigenvalue weighted by atomic mass is 9.67. The number of aromatic nitrogens is 1. The van der Waals surface area contributed by atoms with Crippen molar-refractivity contribution >= 4 is 34.7 Å². The van der Waals surface area contributed by atoms with E-state index in [9.17, 15) is 24.3 Å². The molecule has 0 radical (unpaired) electrons. The van der Waals surface area contributed by atoms with Gasteiger partial charge in [-0.1, -0.05) is 75.4 Å². The molecular weight excluding hydrogens is 560 g/mol. The van der Waals surface area contributed by atoms with Gasteiger partial charge in [0, 0.05) is 23.9 Å². The van der Waals surface area contributed by atoms with E-state index in [-0.39, 0.29) is 31.0 Å². The molecule has 44 heavy (non-hydrogen) atoms. The quantitative estimate of drug-likeness (QED) is 0.212. The molecule has 11 nitrogen and oxygen atoms in total. The fourth-order valence-corrected chi connectivity index (χ4v) is 5.47. The van der Waals surface area contributed by atoms with Crippen LogP contribution in [-0.4, -0.2) is 68.0 Å². The highest BCUT2D eigenvalue weighted by atomic mass is 16.3. The number of nitrogens with zero attached hydrogens (tertiary/aromatic N) is 2. The topological polar surface area (TPSA) is 181 Å². The third-order valence-corrected chi connectivity index (χ3v) is 7.48. The number of carbonyl (C=O) groups is 4. The summed E-state index contributed by atoms with van der Waals surface area (Å²) in [5.41, 5.74) is 7.63. The van der Waals surface area contributed by atoms with Gasteiger partial charge >= 0.3 is 6.03 Å². The Balaban J connectivity index is 2.33. The first kappa shape index (κ1) is 34.0. The summed E-state index contributed by atoms with van der Waals surface area (Å²) < 4.78 is 0. The van der Waals surface area contributed by atoms with Crippen LogP contribution in [0, 0.1) is 5.92 Å². The zero-order valence-corrected chi connectivity index (χ0v) is 26.3. The van der Waals surface area contributed by atoms with Gasteiger partial charge in [-0.3, -0.25) is 14.4 Å². The fourth-order valence-electron chi connectivity index (χ4n) is 5.47. The predicted molar refractivity (Wildman–Crippen MR) is 169 cm³/mol. The van der Waals surface area contributed by atoms with E-state index in [1.165, 1.54) is 6.07 Å². The first-order valence-corrected chi connectivity index (χ1v) is 14.7. The third-order valence-electron chi connectivity index (χ3n) is 7.48. The van der Waals surface area contributed by atoms with E-state index in [2.05, 4.69) is 15.6 Å². The van der Waals surface area contributed by atoms with Gasteiger partial charge < -0.3 is 32.1 Å². The standard InChI is InChI=1S/C33H44N6O5/c1-7-32(44,19-22-13-9-8-10-14-22)33(29(35)42,37-28(41)25-18-17-23-15-11-12-16-24(23)36-25)26(27(34)40)39(20-21(2)3)30(43)38-31(4,5)6/h8-18,21,26,44H,7,19-20H2,1-6H3,(H2,34,40)(H2,35,42)(H,37,41)(H,38,43). The number of amides is 5. The SMILES string of the molecule is CCC(O)(Cc1ccccc1)C(NC(=O)c1ccc2ccccc2n1)(C(N)=O)C(C(N)=O)N(CC(C)C)C(=O)NC(C)(C)C. The largest absolute Gasteiger partial charge is 0.386 e. The Morgan fingerprint density at radius 1 is 0.909 bits per heavy atom. The molecule has 3 atom stereocenters. The summed E-state index contributed by atoms with van der Waals surface area (Å²) in [6, 6.07) is 16.4. The van der Waals surface area contributed by atoms with E-state index in [0.29, 0.717) is 11.1 Å². The smallest absolute Gasteiger partial charge is 0.318 e. The summed E-state index contributed by atoms with van der Waals surface area (Å²) in [6.07, 6.45) is -0.366.